The molecule has 0 spiro atoms. The third-order valence-electron chi connectivity index (χ3n) is 2.25. The van der Waals surface area contributed by atoms with Crippen LogP contribution in [0.1, 0.15) is 18.1 Å². The third kappa shape index (κ3) is 2.74. The Bertz CT molecular complexity index is 283. The van der Waals surface area contributed by atoms with Crippen LogP contribution in [-0.4, -0.2) is 18.2 Å². The maximum Gasteiger partial charge on any atom is 0.118 e. The van der Waals surface area contributed by atoms with E-state index in [1.807, 2.05) is 26.1 Å². The predicted octanol–water partition coefficient (Wildman–Crippen LogP) is 1.85. The molecule has 0 amide bonds. The van der Waals surface area contributed by atoms with Crippen molar-refractivity contribution < 1.29 is 5.11 Å². The van der Waals surface area contributed by atoms with Gasteiger partial charge in [-0.2, -0.15) is 0 Å². The SMILES string of the molecule is CNC(C)Cc1cc(C)ccc1O. The first kappa shape index (κ1) is 10.1. The summed E-state index contributed by atoms with van der Waals surface area (Å²) < 4.78 is 0. The maximum absolute atomic E-state index is 9.55. The average Bonchev–Trinajstić information content (AvgIpc) is 2.11. The predicted molar refractivity (Wildman–Crippen MR) is 55.1 cm³/mol. The first-order valence-corrected chi connectivity index (χ1v) is 4.59. The van der Waals surface area contributed by atoms with Crippen LogP contribution in [0.5, 0.6) is 5.75 Å². The molecule has 2 heteroatoms. The summed E-state index contributed by atoms with van der Waals surface area (Å²) in [6, 6.07) is 6.10. The molecule has 0 saturated heterocycles. The van der Waals surface area contributed by atoms with Crippen LogP contribution in [0, 0.1) is 6.92 Å². The van der Waals surface area contributed by atoms with Gasteiger partial charge in [0.05, 0.1) is 0 Å². The van der Waals surface area contributed by atoms with E-state index in [0.29, 0.717) is 11.8 Å². The summed E-state index contributed by atoms with van der Waals surface area (Å²) >= 11 is 0. The van der Waals surface area contributed by atoms with E-state index in [2.05, 4.69) is 12.2 Å². The van der Waals surface area contributed by atoms with Gasteiger partial charge in [-0.3, -0.25) is 0 Å². The molecule has 0 radical (unpaired) electrons. The fourth-order valence-corrected chi connectivity index (χ4v) is 1.31. The number of aryl methyl sites for hydroxylation is 1. The lowest BCUT2D eigenvalue weighted by molar-refractivity contribution is 0.462. The minimum Gasteiger partial charge on any atom is -0.508 e. The van der Waals surface area contributed by atoms with Crippen LogP contribution in [0.25, 0.3) is 0 Å². The number of hydrogen-bond acceptors (Lipinski definition) is 2. The number of nitrogens with one attached hydrogen (secondary N) is 1. The Morgan fingerprint density at radius 2 is 2.15 bits per heavy atom. The summed E-state index contributed by atoms with van der Waals surface area (Å²) in [4.78, 5) is 0. The molecule has 1 aromatic carbocycles. The van der Waals surface area contributed by atoms with Gasteiger partial charge in [-0.25, -0.2) is 0 Å². The van der Waals surface area contributed by atoms with Crippen molar-refractivity contribution in [3.8, 4) is 5.75 Å². The van der Waals surface area contributed by atoms with Gasteiger partial charge in [0.1, 0.15) is 5.75 Å². The summed E-state index contributed by atoms with van der Waals surface area (Å²) in [5.41, 5.74) is 2.21. The molecule has 2 nitrogen and oxygen atoms in total. The van der Waals surface area contributed by atoms with Crippen LogP contribution in [0.3, 0.4) is 0 Å². The Labute approximate surface area is 79.6 Å². The molecule has 0 heterocycles. The zero-order valence-electron chi connectivity index (χ0n) is 8.46. The Kier molecular flexibility index (Phi) is 3.32. The van der Waals surface area contributed by atoms with Crippen LogP contribution in [-0.2, 0) is 6.42 Å². The number of aromatic hydroxyl groups is 1. The van der Waals surface area contributed by atoms with Gasteiger partial charge in [-0.1, -0.05) is 17.7 Å². The van der Waals surface area contributed by atoms with Crippen molar-refractivity contribution in [2.45, 2.75) is 26.3 Å². The molecule has 1 unspecified atom stereocenters. The second-order valence-electron chi connectivity index (χ2n) is 3.53. The summed E-state index contributed by atoms with van der Waals surface area (Å²) in [5.74, 6) is 0.396. The number of phenols is 1. The lowest BCUT2D eigenvalue weighted by Gasteiger charge is -2.11. The van der Waals surface area contributed by atoms with Crippen LogP contribution in [0.2, 0.25) is 0 Å². The Hall–Kier alpha value is -1.02. The molecule has 72 valence electrons. The molecule has 0 aliphatic carbocycles. The first-order valence-electron chi connectivity index (χ1n) is 4.59. The third-order valence-corrected chi connectivity index (χ3v) is 2.25. The van der Waals surface area contributed by atoms with E-state index in [1.165, 1.54) is 5.56 Å². The molecule has 1 rings (SSSR count). The van der Waals surface area contributed by atoms with Gasteiger partial charge in [-0.15, -0.1) is 0 Å². The van der Waals surface area contributed by atoms with Crippen molar-refractivity contribution in [3.63, 3.8) is 0 Å². The van der Waals surface area contributed by atoms with Crippen molar-refractivity contribution in [3.05, 3.63) is 29.3 Å². The fourth-order valence-electron chi connectivity index (χ4n) is 1.31. The van der Waals surface area contributed by atoms with Crippen molar-refractivity contribution in [1.29, 1.82) is 0 Å². The van der Waals surface area contributed by atoms with Gasteiger partial charge in [0.15, 0.2) is 0 Å². The Morgan fingerprint density at radius 3 is 2.77 bits per heavy atom. The normalized spacial score (nSPS) is 12.8. The molecule has 0 aliphatic rings. The van der Waals surface area contributed by atoms with E-state index < -0.39 is 0 Å². The molecule has 0 fully saturated rings. The van der Waals surface area contributed by atoms with Gasteiger partial charge in [0.25, 0.3) is 0 Å². The summed E-state index contributed by atoms with van der Waals surface area (Å²) in [5, 5.41) is 12.7. The summed E-state index contributed by atoms with van der Waals surface area (Å²) in [6.45, 7) is 4.13. The van der Waals surface area contributed by atoms with Crippen molar-refractivity contribution in [2.24, 2.45) is 0 Å². The number of phenolic OH excluding ortho intramolecular Hbond substituents is 1. The average molecular weight is 179 g/mol. The number of rotatable bonds is 3. The smallest absolute Gasteiger partial charge is 0.118 e. The van der Waals surface area contributed by atoms with E-state index in [0.717, 1.165) is 12.0 Å². The molecule has 0 bridgehead atoms. The topological polar surface area (TPSA) is 32.3 Å². The number of likely N-dealkylation sites (N-methyl/N-ethyl adjacent to an activating group) is 1. The van der Waals surface area contributed by atoms with Crippen molar-refractivity contribution in [1.82, 2.24) is 5.32 Å². The lowest BCUT2D eigenvalue weighted by atomic mass is 10.0. The Balaban J connectivity index is 2.81. The van der Waals surface area contributed by atoms with E-state index >= 15 is 0 Å². The van der Waals surface area contributed by atoms with Gasteiger partial charge in [-0.05, 0) is 38.9 Å². The van der Waals surface area contributed by atoms with E-state index in [4.69, 9.17) is 0 Å². The van der Waals surface area contributed by atoms with E-state index in [9.17, 15) is 5.11 Å². The second-order valence-corrected chi connectivity index (χ2v) is 3.53. The van der Waals surface area contributed by atoms with Crippen LogP contribution >= 0.6 is 0 Å². The highest BCUT2D eigenvalue weighted by Crippen LogP contribution is 2.19. The molecular weight excluding hydrogens is 162 g/mol. The van der Waals surface area contributed by atoms with Crippen LogP contribution in [0.4, 0.5) is 0 Å². The van der Waals surface area contributed by atoms with Gasteiger partial charge in [0, 0.05) is 6.04 Å². The van der Waals surface area contributed by atoms with E-state index in [1.54, 1.807) is 6.07 Å². The number of hydrogen-bond donors (Lipinski definition) is 2. The molecule has 2 N–H and O–H groups in total. The zero-order chi connectivity index (χ0) is 9.84. The molecule has 13 heavy (non-hydrogen) atoms. The van der Waals surface area contributed by atoms with Gasteiger partial charge in [0.2, 0.25) is 0 Å². The monoisotopic (exact) mass is 179 g/mol. The summed E-state index contributed by atoms with van der Waals surface area (Å²) in [6.07, 6.45) is 0.865. The quantitative estimate of drug-likeness (QED) is 0.742. The second kappa shape index (κ2) is 4.28. The van der Waals surface area contributed by atoms with Crippen LogP contribution < -0.4 is 5.32 Å². The zero-order valence-corrected chi connectivity index (χ0v) is 8.46. The summed E-state index contributed by atoms with van der Waals surface area (Å²) in [7, 11) is 1.93. The fraction of sp³-hybridized carbons (Fsp3) is 0.455. The van der Waals surface area contributed by atoms with E-state index in [-0.39, 0.29) is 0 Å². The molecule has 1 aromatic rings. The highest BCUT2D eigenvalue weighted by Gasteiger charge is 2.05. The van der Waals surface area contributed by atoms with Crippen LogP contribution in [0.15, 0.2) is 18.2 Å². The van der Waals surface area contributed by atoms with Gasteiger partial charge < -0.3 is 10.4 Å². The minimum absolute atomic E-state index is 0.396. The highest BCUT2D eigenvalue weighted by molar-refractivity contribution is 5.36. The standard InChI is InChI=1S/C11H17NO/c1-8-4-5-11(13)10(6-8)7-9(2)12-3/h4-6,9,12-13H,7H2,1-3H3. The molecule has 0 saturated carbocycles. The highest BCUT2D eigenvalue weighted by atomic mass is 16.3. The first-order chi connectivity index (χ1) is 6.13. The molecule has 1 atom stereocenters. The lowest BCUT2D eigenvalue weighted by Crippen LogP contribution is -2.23. The molecule has 0 aromatic heterocycles. The van der Waals surface area contributed by atoms with Crippen molar-refractivity contribution >= 4 is 0 Å². The Morgan fingerprint density at radius 1 is 1.46 bits per heavy atom. The minimum atomic E-state index is 0.396. The van der Waals surface area contributed by atoms with Crippen molar-refractivity contribution in [2.75, 3.05) is 7.05 Å². The molecular formula is C11H17NO. The molecule has 0 aliphatic heterocycles. The maximum atomic E-state index is 9.55. The largest absolute Gasteiger partial charge is 0.508 e. The number of benzene rings is 1. The van der Waals surface area contributed by atoms with Gasteiger partial charge >= 0.3 is 0 Å².